The van der Waals surface area contributed by atoms with E-state index in [2.05, 4.69) is 0 Å². The average molecular weight is 757 g/mol. The average Bonchev–Trinajstić information content (AvgIpc) is 1.56. The van der Waals surface area contributed by atoms with Gasteiger partial charge in [0.1, 0.15) is 0 Å². The SMILES string of the molecule is [2H]c1c([2H])c([2H])c(-c2c([2H])c([2H])c(-c3ccc(-n4c5c([2H])c([2H])c([2H])c([2H])c5c5c([2H])c([2H])c(-n6c7c([2H])c([2H])c([2H])c([2H])c7c7c([2H])c(-n8c9c([2H])c([2H])c([2H])c([2H])c9c9c([2H])c([2H])c([2H])c([2H])c98)c([2H])c([2H])c76)c([2H])c54)cc3)c([2H])c2[2H])c([2H])c1[2H]. The maximum atomic E-state index is 10.2. The third-order valence-electron chi connectivity index (χ3n) is 9.56. The van der Waals surface area contributed by atoms with Crippen molar-refractivity contribution in [3.8, 4) is 39.3 Å². The second kappa shape index (κ2) is 12.5. The number of fused-ring (bicyclic) bond motifs is 9. The maximum Gasteiger partial charge on any atom is 0.0667 e. The van der Waals surface area contributed by atoms with E-state index in [1.165, 1.54) is 24.3 Å². The van der Waals surface area contributed by atoms with Gasteiger partial charge in [0.2, 0.25) is 0 Å². The Kier molecular flexibility index (Phi) is 3.02. The van der Waals surface area contributed by atoms with E-state index in [-0.39, 0.29) is 27.7 Å². The first-order valence-electron chi connectivity index (χ1n) is 32.6. The van der Waals surface area contributed by atoms with Crippen LogP contribution in [0.4, 0.5) is 0 Å². The van der Waals surface area contributed by atoms with Crippen LogP contribution in [-0.4, -0.2) is 13.7 Å². The first-order valence-corrected chi connectivity index (χ1v) is 17.1. The molecule has 0 saturated heterocycles. The maximum absolute atomic E-state index is 10.2. The van der Waals surface area contributed by atoms with Crippen molar-refractivity contribution in [2.75, 3.05) is 0 Å². The Labute approximate surface area is 373 Å². The first kappa shape index (κ1) is 13.8. The summed E-state index contributed by atoms with van der Waals surface area (Å²) < 4.78 is 282. The summed E-state index contributed by atoms with van der Waals surface area (Å²) in [5, 5.41) is -2.91. The van der Waals surface area contributed by atoms with Crippen molar-refractivity contribution < 1.29 is 42.5 Å². The van der Waals surface area contributed by atoms with Crippen molar-refractivity contribution >= 4 is 65.4 Å². The van der Waals surface area contributed by atoms with Crippen molar-refractivity contribution in [1.29, 1.82) is 0 Å². The summed E-state index contributed by atoms with van der Waals surface area (Å²) in [6, 6.07) is -20.5. The van der Waals surface area contributed by atoms with Crippen molar-refractivity contribution in [3.05, 3.63) is 212 Å². The molecule has 57 heavy (non-hydrogen) atoms. The summed E-state index contributed by atoms with van der Waals surface area (Å²) in [4.78, 5) is 0. The highest BCUT2D eigenvalue weighted by Gasteiger charge is 2.18. The Morgan fingerprint density at radius 2 is 0.632 bits per heavy atom. The van der Waals surface area contributed by atoms with Crippen LogP contribution < -0.4 is 0 Å². The number of hydrogen-bond donors (Lipinski definition) is 0. The van der Waals surface area contributed by atoms with Crippen molar-refractivity contribution in [3.63, 3.8) is 0 Å². The molecule has 0 unspecified atom stereocenters. The standard InChI is InChI=1S/C54H35N3/c1-2-12-36(13-3-1)37-22-24-38(25-23-37)39-26-28-40(29-27-39)55-49-18-8-6-16-45(49)47-32-30-42(35-54(47)55)57-52-21-11-7-17-46(52)48-34-41(31-33-53(48)57)56-50-19-9-4-14-43(50)44-15-5-10-20-51(44)56/h1-35H/i1D,2D,3D,4D,5D,6D,7D,8D,9D,10D,11D,12D,13D,14D,15D,16D,17D,18D,19D,20D,21D,22D,23D,24D,25D,30D,31D,32D,33D,34D,35D. The highest BCUT2D eigenvalue weighted by atomic mass is 15.0. The van der Waals surface area contributed by atoms with Crippen LogP contribution in [0, 0.1) is 0 Å². The van der Waals surface area contributed by atoms with E-state index in [1.54, 1.807) is 0 Å². The highest BCUT2D eigenvalue weighted by molar-refractivity contribution is 6.13. The Hall–Kier alpha value is -7.62. The molecule has 0 aliphatic rings. The quantitative estimate of drug-likeness (QED) is 0.166. The van der Waals surface area contributed by atoms with Gasteiger partial charge in [0.15, 0.2) is 0 Å². The monoisotopic (exact) mass is 756 g/mol. The number of nitrogens with zero attached hydrogens (tertiary/aromatic N) is 3. The fourth-order valence-electron chi connectivity index (χ4n) is 7.09. The van der Waals surface area contributed by atoms with Crippen molar-refractivity contribution in [2.24, 2.45) is 0 Å². The van der Waals surface area contributed by atoms with Gasteiger partial charge in [-0.1, -0.05) is 145 Å². The number of benzene rings is 9. The summed E-state index contributed by atoms with van der Waals surface area (Å²) in [5.74, 6) is 0. The predicted octanol–water partition coefficient (Wildman–Crippen LogP) is 14.3. The zero-order valence-electron chi connectivity index (χ0n) is 59.7. The Balaban J connectivity index is 1.20. The minimum Gasteiger partial charge on any atom is -0.309 e. The first-order chi connectivity index (χ1) is 41.2. The van der Waals surface area contributed by atoms with Gasteiger partial charge in [-0.05, 0) is 88.8 Å². The Morgan fingerprint density at radius 1 is 0.246 bits per heavy atom. The van der Waals surface area contributed by atoms with Crippen LogP contribution in [0.5, 0.6) is 0 Å². The van der Waals surface area contributed by atoms with Gasteiger partial charge < -0.3 is 13.7 Å². The molecule has 0 amide bonds. The van der Waals surface area contributed by atoms with E-state index in [1.807, 2.05) is 0 Å². The number of hydrogen-bond acceptors (Lipinski definition) is 0. The van der Waals surface area contributed by atoms with Crippen LogP contribution in [0.3, 0.4) is 0 Å². The minimum absolute atomic E-state index is 0.0155. The molecule has 9 aromatic carbocycles. The van der Waals surface area contributed by atoms with Gasteiger partial charge in [0.05, 0.1) is 75.6 Å². The van der Waals surface area contributed by atoms with Crippen LogP contribution in [0.1, 0.15) is 42.5 Å². The molecule has 0 fully saturated rings. The molecule has 0 aliphatic carbocycles. The van der Waals surface area contributed by atoms with E-state index in [9.17, 15) is 12.3 Å². The molecule has 266 valence electrons. The van der Waals surface area contributed by atoms with Crippen LogP contribution >= 0.6 is 0 Å². The summed E-state index contributed by atoms with van der Waals surface area (Å²) in [5.41, 5.74) is -6.38. The zero-order chi connectivity index (χ0) is 64.4. The van der Waals surface area contributed by atoms with E-state index in [0.717, 1.165) is 13.7 Å². The summed E-state index contributed by atoms with van der Waals surface area (Å²) in [7, 11) is 0. The predicted molar refractivity (Wildman–Crippen MR) is 240 cm³/mol. The smallest absolute Gasteiger partial charge is 0.0667 e. The second-order valence-corrected chi connectivity index (χ2v) is 12.6. The largest absolute Gasteiger partial charge is 0.309 e. The van der Waals surface area contributed by atoms with Crippen molar-refractivity contribution in [2.45, 2.75) is 0 Å². The highest BCUT2D eigenvalue weighted by Crippen LogP contribution is 2.39. The molecule has 0 saturated carbocycles. The lowest BCUT2D eigenvalue weighted by Crippen LogP contribution is -1.97. The van der Waals surface area contributed by atoms with Crippen LogP contribution in [0.15, 0.2) is 212 Å². The summed E-state index contributed by atoms with van der Waals surface area (Å²) >= 11 is 0. The van der Waals surface area contributed by atoms with Crippen LogP contribution in [0.2, 0.25) is 0 Å². The van der Waals surface area contributed by atoms with E-state index in [0.29, 0.717) is 0 Å². The summed E-state index contributed by atoms with van der Waals surface area (Å²) in [6.07, 6.45) is 0. The molecule has 0 spiro atoms. The molecular weight excluding hydrogens is 691 g/mol. The molecule has 0 N–H and O–H groups in total. The number of rotatable bonds is 5. The molecule has 12 aromatic rings. The molecule has 3 heteroatoms. The number of para-hydroxylation sites is 4. The lowest BCUT2D eigenvalue weighted by atomic mass is 10.0. The van der Waals surface area contributed by atoms with Gasteiger partial charge in [0, 0.05) is 49.4 Å². The van der Waals surface area contributed by atoms with E-state index < -0.39 is 264 Å². The minimum atomic E-state index is -1.01. The van der Waals surface area contributed by atoms with Gasteiger partial charge >= 0.3 is 0 Å². The molecular formula is C54H35N3. The molecule has 3 heterocycles. The Bertz CT molecular complexity index is 5190. The fraction of sp³-hybridized carbons (Fsp3) is 0. The van der Waals surface area contributed by atoms with Crippen LogP contribution in [0.25, 0.3) is 105 Å². The molecule has 3 nitrogen and oxygen atoms in total. The van der Waals surface area contributed by atoms with Crippen molar-refractivity contribution in [1.82, 2.24) is 13.7 Å². The molecule has 0 radical (unpaired) electrons. The summed E-state index contributed by atoms with van der Waals surface area (Å²) in [6.45, 7) is 0. The third kappa shape index (κ3) is 4.86. The molecule has 0 bridgehead atoms. The molecule has 12 rings (SSSR count). The number of aromatic nitrogens is 3. The van der Waals surface area contributed by atoms with Gasteiger partial charge in [-0.3, -0.25) is 0 Å². The lowest BCUT2D eigenvalue weighted by Gasteiger charge is -2.12. The lowest BCUT2D eigenvalue weighted by molar-refractivity contribution is 1.15. The molecule has 0 aliphatic heterocycles. The van der Waals surface area contributed by atoms with Gasteiger partial charge in [-0.25, -0.2) is 0 Å². The van der Waals surface area contributed by atoms with Gasteiger partial charge in [0.25, 0.3) is 0 Å². The van der Waals surface area contributed by atoms with Crippen LogP contribution in [-0.2, 0) is 0 Å². The molecule has 0 atom stereocenters. The van der Waals surface area contributed by atoms with E-state index in [4.69, 9.17) is 30.2 Å². The molecule has 3 aromatic heterocycles. The second-order valence-electron chi connectivity index (χ2n) is 12.6. The zero-order valence-corrected chi connectivity index (χ0v) is 28.7. The third-order valence-corrected chi connectivity index (χ3v) is 9.56. The Morgan fingerprint density at radius 3 is 1.19 bits per heavy atom. The normalized spacial score (nSPS) is 19.5. The topological polar surface area (TPSA) is 14.8 Å². The van der Waals surface area contributed by atoms with Gasteiger partial charge in [-0.15, -0.1) is 0 Å². The van der Waals surface area contributed by atoms with Gasteiger partial charge in [-0.2, -0.15) is 0 Å². The van der Waals surface area contributed by atoms with E-state index >= 15 is 0 Å². The fourth-order valence-corrected chi connectivity index (χ4v) is 7.09.